The van der Waals surface area contributed by atoms with Crippen LogP contribution in [0, 0.1) is 0 Å². The van der Waals surface area contributed by atoms with Crippen molar-refractivity contribution in [2.45, 2.75) is 25.4 Å². The third-order valence-corrected chi connectivity index (χ3v) is 3.52. The topological polar surface area (TPSA) is 61.7 Å². The molecule has 0 aliphatic carbocycles. The van der Waals surface area contributed by atoms with E-state index in [4.69, 9.17) is 5.73 Å². The number of hydrogen-bond donors (Lipinski definition) is 1. The molecule has 1 unspecified atom stereocenters. The Bertz CT molecular complexity index is 697. The first kappa shape index (κ1) is 12.9. The molecule has 0 bridgehead atoms. The van der Waals surface area contributed by atoms with E-state index in [9.17, 15) is 0 Å². The highest BCUT2D eigenvalue weighted by Crippen LogP contribution is 2.13. The Labute approximate surface area is 118 Å². The zero-order chi connectivity index (χ0) is 13.9. The summed E-state index contributed by atoms with van der Waals surface area (Å²) in [5.74, 6) is 0. The summed E-state index contributed by atoms with van der Waals surface area (Å²) in [6.45, 7) is 0.792. The summed E-state index contributed by atoms with van der Waals surface area (Å²) in [6, 6.07) is 8.25. The third kappa shape index (κ3) is 2.72. The molecule has 5 heteroatoms. The molecule has 0 aliphatic heterocycles. The summed E-state index contributed by atoms with van der Waals surface area (Å²) < 4.78 is 3.95. The van der Waals surface area contributed by atoms with Crippen molar-refractivity contribution < 1.29 is 0 Å². The molecule has 0 amide bonds. The number of hydrogen-bond acceptors (Lipinski definition) is 3. The second-order valence-electron chi connectivity index (χ2n) is 5.21. The average molecular weight is 269 g/mol. The first-order valence-corrected chi connectivity index (χ1v) is 6.85. The van der Waals surface area contributed by atoms with Gasteiger partial charge in [0.25, 0.3) is 0 Å². The number of imidazole rings is 1. The lowest BCUT2D eigenvalue weighted by Gasteiger charge is -2.12. The van der Waals surface area contributed by atoms with Gasteiger partial charge in [-0.25, -0.2) is 4.98 Å². The maximum atomic E-state index is 6.23. The minimum absolute atomic E-state index is 0.118. The number of benzene rings is 1. The van der Waals surface area contributed by atoms with E-state index in [-0.39, 0.29) is 6.04 Å². The van der Waals surface area contributed by atoms with E-state index in [1.807, 2.05) is 48.6 Å². The zero-order valence-electron chi connectivity index (χ0n) is 11.6. The fourth-order valence-electron chi connectivity index (χ4n) is 2.45. The van der Waals surface area contributed by atoms with Crippen LogP contribution < -0.4 is 5.73 Å². The lowest BCUT2D eigenvalue weighted by Crippen LogP contribution is -2.26. The molecule has 0 aliphatic rings. The van der Waals surface area contributed by atoms with Crippen molar-refractivity contribution in [1.82, 2.24) is 19.3 Å². The van der Waals surface area contributed by atoms with Crippen LogP contribution in [0.25, 0.3) is 11.0 Å². The molecular formula is C15H19N5. The normalized spacial score (nSPS) is 12.9. The van der Waals surface area contributed by atoms with Gasteiger partial charge >= 0.3 is 0 Å². The molecule has 104 valence electrons. The fraction of sp³-hybridized carbons (Fsp3) is 0.333. The van der Waals surface area contributed by atoms with Crippen LogP contribution in [0.2, 0.25) is 0 Å². The van der Waals surface area contributed by atoms with Gasteiger partial charge in [-0.15, -0.1) is 0 Å². The number of rotatable bonds is 5. The SMILES string of the molecule is Cn1cc(CCC(N)Cn2cnc3ccccc32)cn1. The Morgan fingerprint density at radius 1 is 1.30 bits per heavy atom. The van der Waals surface area contributed by atoms with Gasteiger partial charge < -0.3 is 10.3 Å². The lowest BCUT2D eigenvalue weighted by molar-refractivity contribution is 0.527. The van der Waals surface area contributed by atoms with Crippen LogP contribution in [0.3, 0.4) is 0 Å². The van der Waals surface area contributed by atoms with E-state index in [0.717, 1.165) is 30.4 Å². The minimum atomic E-state index is 0.118. The zero-order valence-corrected chi connectivity index (χ0v) is 11.6. The van der Waals surface area contributed by atoms with Crippen LogP contribution in [0.1, 0.15) is 12.0 Å². The highest BCUT2D eigenvalue weighted by atomic mass is 15.2. The average Bonchev–Trinajstić information content (AvgIpc) is 3.04. The number of aryl methyl sites for hydroxylation is 2. The Balaban J connectivity index is 1.62. The summed E-state index contributed by atoms with van der Waals surface area (Å²) in [6.07, 6.45) is 7.72. The van der Waals surface area contributed by atoms with Gasteiger partial charge in [-0.2, -0.15) is 5.10 Å². The Morgan fingerprint density at radius 3 is 2.95 bits per heavy atom. The van der Waals surface area contributed by atoms with E-state index in [0.29, 0.717) is 0 Å². The van der Waals surface area contributed by atoms with E-state index in [1.165, 1.54) is 5.56 Å². The highest BCUT2D eigenvalue weighted by molar-refractivity contribution is 5.74. The van der Waals surface area contributed by atoms with Crippen molar-refractivity contribution in [2.24, 2.45) is 12.8 Å². The molecule has 20 heavy (non-hydrogen) atoms. The predicted molar refractivity (Wildman–Crippen MR) is 79.2 cm³/mol. The molecule has 3 rings (SSSR count). The third-order valence-electron chi connectivity index (χ3n) is 3.52. The highest BCUT2D eigenvalue weighted by Gasteiger charge is 2.08. The van der Waals surface area contributed by atoms with Crippen LogP contribution in [0.5, 0.6) is 0 Å². The van der Waals surface area contributed by atoms with Crippen LogP contribution >= 0.6 is 0 Å². The summed E-state index contributed by atoms with van der Waals surface area (Å²) in [7, 11) is 1.93. The van der Waals surface area contributed by atoms with Crippen molar-refractivity contribution >= 4 is 11.0 Å². The number of nitrogens with zero attached hydrogens (tertiary/aromatic N) is 4. The molecule has 0 saturated heterocycles. The van der Waals surface area contributed by atoms with E-state index in [1.54, 1.807) is 0 Å². The number of para-hydroxylation sites is 2. The fourth-order valence-corrected chi connectivity index (χ4v) is 2.45. The lowest BCUT2D eigenvalue weighted by atomic mass is 10.1. The van der Waals surface area contributed by atoms with Gasteiger partial charge in [0.1, 0.15) is 0 Å². The summed E-state index contributed by atoms with van der Waals surface area (Å²) in [5.41, 5.74) is 9.63. The van der Waals surface area contributed by atoms with E-state index >= 15 is 0 Å². The quantitative estimate of drug-likeness (QED) is 0.767. The number of fused-ring (bicyclic) bond motifs is 1. The smallest absolute Gasteiger partial charge is 0.0958 e. The molecule has 0 saturated carbocycles. The van der Waals surface area contributed by atoms with Gasteiger partial charge in [0.15, 0.2) is 0 Å². The Kier molecular flexibility index (Phi) is 3.52. The minimum Gasteiger partial charge on any atom is -0.329 e. The molecule has 0 spiro atoms. The summed E-state index contributed by atoms with van der Waals surface area (Å²) in [5, 5.41) is 4.17. The van der Waals surface area contributed by atoms with Gasteiger partial charge in [-0.05, 0) is 30.5 Å². The van der Waals surface area contributed by atoms with Crippen LogP contribution in [0.4, 0.5) is 0 Å². The van der Waals surface area contributed by atoms with Gasteiger partial charge in [0, 0.05) is 25.8 Å². The maximum absolute atomic E-state index is 6.23. The van der Waals surface area contributed by atoms with Gasteiger partial charge in [-0.1, -0.05) is 12.1 Å². The summed E-state index contributed by atoms with van der Waals surface area (Å²) in [4.78, 5) is 4.39. The molecule has 2 N–H and O–H groups in total. The molecule has 2 aromatic heterocycles. The monoisotopic (exact) mass is 269 g/mol. The van der Waals surface area contributed by atoms with Crippen molar-refractivity contribution in [3.63, 3.8) is 0 Å². The van der Waals surface area contributed by atoms with Crippen molar-refractivity contribution in [3.8, 4) is 0 Å². The van der Waals surface area contributed by atoms with Gasteiger partial charge in [0.05, 0.1) is 23.6 Å². The van der Waals surface area contributed by atoms with Gasteiger partial charge in [0.2, 0.25) is 0 Å². The predicted octanol–water partition coefficient (Wildman–Crippen LogP) is 1.73. The molecule has 3 aromatic rings. The van der Waals surface area contributed by atoms with Crippen molar-refractivity contribution in [1.29, 1.82) is 0 Å². The van der Waals surface area contributed by atoms with Crippen LogP contribution in [-0.2, 0) is 20.0 Å². The van der Waals surface area contributed by atoms with E-state index in [2.05, 4.69) is 20.7 Å². The molecule has 2 heterocycles. The maximum Gasteiger partial charge on any atom is 0.0958 e. The molecular weight excluding hydrogens is 250 g/mol. The Morgan fingerprint density at radius 2 is 2.15 bits per heavy atom. The molecule has 1 aromatic carbocycles. The van der Waals surface area contributed by atoms with Crippen LogP contribution in [0.15, 0.2) is 43.0 Å². The second-order valence-corrected chi connectivity index (χ2v) is 5.21. The Hall–Kier alpha value is -2.14. The molecule has 1 atom stereocenters. The largest absolute Gasteiger partial charge is 0.329 e. The first-order chi connectivity index (χ1) is 9.72. The molecule has 0 fully saturated rings. The number of aromatic nitrogens is 4. The van der Waals surface area contributed by atoms with Crippen LogP contribution in [-0.4, -0.2) is 25.4 Å². The standard InChI is InChI=1S/C15H19N5/c1-19-9-12(8-18-19)6-7-13(16)10-20-11-17-14-4-2-3-5-15(14)20/h2-5,8-9,11,13H,6-7,10,16H2,1H3. The second kappa shape index (κ2) is 5.46. The molecule has 5 nitrogen and oxygen atoms in total. The molecule has 0 radical (unpaired) electrons. The summed E-state index contributed by atoms with van der Waals surface area (Å²) >= 11 is 0. The van der Waals surface area contributed by atoms with Gasteiger partial charge in [-0.3, -0.25) is 4.68 Å². The van der Waals surface area contributed by atoms with Crippen molar-refractivity contribution in [2.75, 3.05) is 0 Å². The first-order valence-electron chi connectivity index (χ1n) is 6.85. The van der Waals surface area contributed by atoms with Crippen molar-refractivity contribution in [3.05, 3.63) is 48.5 Å². The van der Waals surface area contributed by atoms with E-state index < -0.39 is 0 Å². The number of nitrogens with two attached hydrogens (primary N) is 1.